The summed E-state index contributed by atoms with van der Waals surface area (Å²) in [5.74, 6) is 2.71. The molecule has 7 nitrogen and oxygen atoms in total. The zero-order valence-electron chi connectivity index (χ0n) is 14.7. The SMILES string of the molecule is COc1ccc(-c2cnn3c(-c4ccc(OC)c(C)c4)nnc3n2)cc1. The number of nitrogens with zero attached hydrogens (tertiary/aromatic N) is 5. The Morgan fingerprint density at radius 3 is 2.35 bits per heavy atom. The van der Waals surface area contributed by atoms with Gasteiger partial charge in [-0.1, -0.05) is 0 Å². The molecular formula is C19H17N5O2. The molecule has 0 saturated heterocycles. The summed E-state index contributed by atoms with van der Waals surface area (Å²) in [5.41, 5.74) is 3.59. The molecule has 0 aliphatic carbocycles. The zero-order chi connectivity index (χ0) is 18.1. The lowest BCUT2D eigenvalue weighted by molar-refractivity contribution is 0.412. The predicted octanol–water partition coefficient (Wildman–Crippen LogP) is 3.18. The Hall–Kier alpha value is -3.48. The highest BCUT2D eigenvalue weighted by molar-refractivity contribution is 5.63. The summed E-state index contributed by atoms with van der Waals surface area (Å²) in [5, 5.41) is 12.9. The van der Waals surface area contributed by atoms with Crippen LogP contribution in [0.4, 0.5) is 0 Å². The number of rotatable bonds is 4. The topological polar surface area (TPSA) is 74.4 Å². The molecule has 0 bridgehead atoms. The molecular weight excluding hydrogens is 330 g/mol. The van der Waals surface area contributed by atoms with Crippen LogP contribution in [-0.4, -0.2) is 39.0 Å². The molecule has 0 N–H and O–H groups in total. The Morgan fingerprint density at radius 2 is 1.65 bits per heavy atom. The molecule has 4 aromatic rings. The van der Waals surface area contributed by atoms with E-state index in [9.17, 15) is 0 Å². The molecule has 0 spiro atoms. The Labute approximate surface area is 150 Å². The monoisotopic (exact) mass is 347 g/mol. The van der Waals surface area contributed by atoms with Crippen LogP contribution < -0.4 is 9.47 Å². The van der Waals surface area contributed by atoms with Crippen molar-refractivity contribution in [1.29, 1.82) is 0 Å². The summed E-state index contributed by atoms with van der Waals surface area (Å²) in [6.07, 6.45) is 1.71. The maximum Gasteiger partial charge on any atom is 0.272 e. The van der Waals surface area contributed by atoms with Crippen LogP contribution in [-0.2, 0) is 0 Å². The summed E-state index contributed by atoms with van der Waals surface area (Å²) in [7, 11) is 3.29. The molecule has 2 heterocycles. The van der Waals surface area contributed by atoms with Gasteiger partial charge in [0.1, 0.15) is 11.5 Å². The molecule has 26 heavy (non-hydrogen) atoms. The molecule has 0 fully saturated rings. The molecule has 0 radical (unpaired) electrons. The van der Waals surface area contributed by atoms with Crippen molar-refractivity contribution in [3.8, 4) is 34.1 Å². The standard InChI is InChI=1S/C19H17N5O2/c1-12-10-14(6-9-17(12)26-3)18-22-23-19-21-16(11-20-24(18)19)13-4-7-15(25-2)8-5-13/h4-11H,1-3H3. The molecule has 0 unspecified atom stereocenters. The third kappa shape index (κ3) is 2.73. The van der Waals surface area contributed by atoms with Crippen molar-refractivity contribution >= 4 is 5.78 Å². The fourth-order valence-electron chi connectivity index (χ4n) is 2.80. The van der Waals surface area contributed by atoms with Crippen LogP contribution in [0.3, 0.4) is 0 Å². The van der Waals surface area contributed by atoms with E-state index in [0.29, 0.717) is 11.6 Å². The average Bonchev–Trinajstić information content (AvgIpc) is 3.11. The first kappa shape index (κ1) is 16.0. The van der Waals surface area contributed by atoms with Crippen molar-refractivity contribution in [3.05, 3.63) is 54.2 Å². The van der Waals surface area contributed by atoms with Gasteiger partial charge in [0.25, 0.3) is 5.78 Å². The van der Waals surface area contributed by atoms with Crippen LogP contribution in [0.5, 0.6) is 11.5 Å². The highest BCUT2D eigenvalue weighted by Gasteiger charge is 2.13. The summed E-state index contributed by atoms with van der Waals surface area (Å²) in [6.45, 7) is 1.99. The minimum atomic E-state index is 0.446. The van der Waals surface area contributed by atoms with E-state index in [4.69, 9.17) is 9.47 Å². The molecule has 0 saturated carbocycles. The van der Waals surface area contributed by atoms with E-state index in [1.807, 2.05) is 49.4 Å². The van der Waals surface area contributed by atoms with Crippen LogP contribution in [0.25, 0.3) is 28.4 Å². The van der Waals surface area contributed by atoms with Crippen molar-refractivity contribution in [2.24, 2.45) is 0 Å². The van der Waals surface area contributed by atoms with E-state index in [0.717, 1.165) is 33.9 Å². The van der Waals surface area contributed by atoms with E-state index in [-0.39, 0.29) is 0 Å². The van der Waals surface area contributed by atoms with Crippen molar-refractivity contribution in [3.63, 3.8) is 0 Å². The quantitative estimate of drug-likeness (QED) is 0.564. The van der Waals surface area contributed by atoms with E-state index < -0.39 is 0 Å². The van der Waals surface area contributed by atoms with Gasteiger partial charge in [0, 0.05) is 11.1 Å². The zero-order valence-corrected chi connectivity index (χ0v) is 14.7. The lowest BCUT2D eigenvalue weighted by atomic mass is 10.1. The third-order valence-corrected chi connectivity index (χ3v) is 4.18. The Morgan fingerprint density at radius 1 is 0.885 bits per heavy atom. The second-order valence-corrected chi connectivity index (χ2v) is 5.79. The van der Waals surface area contributed by atoms with Crippen molar-refractivity contribution in [2.45, 2.75) is 6.92 Å². The third-order valence-electron chi connectivity index (χ3n) is 4.18. The predicted molar refractivity (Wildman–Crippen MR) is 97.3 cm³/mol. The fourth-order valence-corrected chi connectivity index (χ4v) is 2.80. The first-order valence-corrected chi connectivity index (χ1v) is 8.07. The maximum absolute atomic E-state index is 5.31. The molecule has 0 amide bonds. The summed E-state index contributed by atoms with van der Waals surface area (Å²) >= 11 is 0. The Balaban J connectivity index is 1.74. The average molecular weight is 347 g/mol. The van der Waals surface area contributed by atoms with Gasteiger partial charge >= 0.3 is 0 Å². The number of fused-ring (bicyclic) bond motifs is 1. The normalized spacial score (nSPS) is 10.9. The highest BCUT2D eigenvalue weighted by atomic mass is 16.5. The van der Waals surface area contributed by atoms with Crippen LogP contribution in [0.2, 0.25) is 0 Å². The van der Waals surface area contributed by atoms with Crippen LogP contribution in [0, 0.1) is 6.92 Å². The number of hydrogen-bond donors (Lipinski definition) is 0. The fraction of sp³-hybridized carbons (Fsp3) is 0.158. The maximum atomic E-state index is 5.31. The van der Waals surface area contributed by atoms with Gasteiger partial charge in [0.05, 0.1) is 26.1 Å². The summed E-state index contributed by atoms with van der Waals surface area (Å²) in [6, 6.07) is 13.5. The second kappa shape index (κ2) is 6.44. The van der Waals surface area contributed by atoms with Gasteiger partial charge in [0.2, 0.25) is 0 Å². The van der Waals surface area contributed by atoms with Crippen LogP contribution in [0.15, 0.2) is 48.7 Å². The minimum absolute atomic E-state index is 0.446. The number of benzene rings is 2. The Bertz CT molecular complexity index is 1070. The number of aryl methyl sites for hydroxylation is 1. The molecule has 130 valence electrons. The first-order valence-electron chi connectivity index (χ1n) is 8.07. The number of aromatic nitrogens is 5. The molecule has 2 aromatic heterocycles. The smallest absolute Gasteiger partial charge is 0.272 e. The lowest BCUT2D eigenvalue weighted by Crippen LogP contribution is -1.99. The summed E-state index contributed by atoms with van der Waals surface area (Å²) in [4.78, 5) is 4.56. The number of ether oxygens (including phenoxy) is 2. The van der Waals surface area contributed by atoms with E-state index >= 15 is 0 Å². The van der Waals surface area contributed by atoms with E-state index in [2.05, 4.69) is 20.3 Å². The van der Waals surface area contributed by atoms with Gasteiger partial charge in [-0.05, 0) is 55.0 Å². The molecule has 2 aromatic carbocycles. The second-order valence-electron chi connectivity index (χ2n) is 5.79. The van der Waals surface area contributed by atoms with Gasteiger partial charge in [0.15, 0.2) is 5.82 Å². The lowest BCUT2D eigenvalue weighted by Gasteiger charge is -2.06. The van der Waals surface area contributed by atoms with Gasteiger partial charge in [-0.25, -0.2) is 4.98 Å². The van der Waals surface area contributed by atoms with Gasteiger partial charge in [-0.2, -0.15) is 9.61 Å². The van der Waals surface area contributed by atoms with E-state index in [1.165, 1.54) is 0 Å². The molecule has 0 aliphatic rings. The van der Waals surface area contributed by atoms with Crippen LogP contribution >= 0.6 is 0 Å². The van der Waals surface area contributed by atoms with Gasteiger partial charge in [-0.15, -0.1) is 10.2 Å². The van der Waals surface area contributed by atoms with Crippen molar-refractivity contribution in [2.75, 3.05) is 14.2 Å². The van der Waals surface area contributed by atoms with E-state index in [1.54, 1.807) is 24.9 Å². The highest BCUT2D eigenvalue weighted by Crippen LogP contribution is 2.25. The minimum Gasteiger partial charge on any atom is -0.497 e. The van der Waals surface area contributed by atoms with Crippen LogP contribution in [0.1, 0.15) is 5.56 Å². The van der Waals surface area contributed by atoms with Gasteiger partial charge in [-0.3, -0.25) is 0 Å². The Kier molecular flexibility index (Phi) is 3.96. The van der Waals surface area contributed by atoms with Crippen molar-refractivity contribution < 1.29 is 9.47 Å². The molecule has 0 atom stereocenters. The molecule has 4 rings (SSSR count). The first-order chi connectivity index (χ1) is 12.7. The largest absolute Gasteiger partial charge is 0.497 e. The number of hydrogen-bond acceptors (Lipinski definition) is 6. The molecule has 7 heteroatoms. The number of methoxy groups -OCH3 is 2. The van der Waals surface area contributed by atoms with Gasteiger partial charge < -0.3 is 9.47 Å². The summed E-state index contributed by atoms with van der Waals surface area (Å²) < 4.78 is 12.1. The van der Waals surface area contributed by atoms with Crippen molar-refractivity contribution in [1.82, 2.24) is 24.8 Å². The molecule has 0 aliphatic heterocycles.